The molecule has 3 atom stereocenters. The molecule has 1 aromatic rings. The molecule has 1 heterocycles. The van der Waals surface area contributed by atoms with Crippen molar-refractivity contribution in [3.63, 3.8) is 0 Å². The van der Waals surface area contributed by atoms with Crippen molar-refractivity contribution in [1.29, 1.82) is 0 Å². The first-order valence-corrected chi connectivity index (χ1v) is 5.33. The van der Waals surface area contributed by atoms with Crippen LogP contribution in [0.3, 0.4) is 0 Å². The zero-order chi connectivity index (χ0) is 11.7. The van der Waals surface area contributed by atoms with Gasteiger partial charge in [0.15, 0.2) is 11.6 Å². The van der Waals surface area contributed by atoms with Gasteiger partial charge in [0.05, 0.1) is 18.8 Å². The molecule has 88 valence electrons. The Balaban J connectivity index is 2.20. The quantitative estimate of drug-likeness (QED) is 0.842. The molecule has 1 aliphatic heterocycles. The Kier molecular flexibility index (Phi) is 3.21. The smallest absolute Gasteiger partial charge is 0.164 e. The number of benzene rings is 1. The molecule has 16 heavy (non-hydrogen) atoms. The molecule has 1 N–H and O–H groups in total. The van der Waals surface area contributed by atoms with E-state index in [1.807, 2.05) is 6.92 Å². The summed E-state index contributed by atoms with van der Waals surface area (Å²) in [7, 11) is 0. The predicted octanol–water partition coefficient (Wildman–Crippen LogP) is 2.42. The molecule has 1 aliphatic rings. The molecule has 2 rings (SSSR count). The average molecular weight is 228 g/mol. The van der Waals surface area contributed by atoms with Crippen LogP contribution in [0.5, 0.6) is 0 Å². The number of hydrogen-bond acceptors (Lipinski definition) is 2. The van der Waals surface area contributed by atoms with Crippen molar-refractivity contribution in [1.82, 2.24) is 0 Å². The van der Waals surface area contributed by atoms with Crippen LogP contribution in [0.2, 0.25) is 0 Å². The van der Waals surface area contributed by atoms with Crippen LogP contribution >= 0.6 is 0 Å². The van der Waals surface area contributed by atoms with E-state index in [-0.39, 0.29) is 17.6 Å². The minimum Gasteiger partial charge on any atom is -0.388 e. The fourth-order valence-corrected chi connectivity index (χ4v) is 2.07. The molecular weight excluding hydrogens is 214 g/mol. The van der Waals surface area contributed by atoms with Crippen LogP contribution in [0, 0.1) is 17.6 Å². The number of ether oxygens (including phenoxy) is 1. The van der Waals surface area contributed by atoms with Crippen LogP contribution in [-0.4, -0.2) is 17.8 Å². The van der Waals surface area contributed by atoms with Crippen LogP contribution < -0.4 is 0 Å². The van der Waals surface area contributed by atoms with E-state index in [9.17, 15) is 13.9 Å². The average Bonchev–Trinajstić information content (AvgIpc) is 2.68. The first-order chi connectivity index (χ1) is 7.59. The number of halogens is 2. The molecule has 0 aliphatic carbocycles. The lowest BCUT2D eigenvalue weighted by Gasteiger charge is -2.17. The summed E-state index contributed by atoms with van der Waals surface area (Å²) in [6.07, 6.45) is -0.270. The van der Waals surface area contributed by atoms with Crippen LogP contribution in [-0.2, 0) is 4.74 Å². The second-order valence-corrected chi connectivity index (χ2v) is 4.23. The second kappa shape index (κ2) is 4.47. The lowest BCUT2D eigenvalue weighted by molar-refractivity contribution is 0.0780. The van der Waals surface area contributed by atoms with Crippen LogP contribution in [0.15, 0.2) is 18.2 Å². The van der Waals surface area contributed by atoms with Gasteiger partial charge in [0.2, 0.25) is 0 Å². The Bertz CT molecular complexity index is 381. The van der Waals surface area contributed by atoms with Gasteiger partial charge in [0.1, 0.15) is 0 Å². The lowest BCUT2D eigenvalue weighted by Crippen LogP contribution is -2.14. The summed E-state index contributed by atoms with van der Waals surface area (Å²) >= 11 is 0. The Hall–Kier alpha value is -1.00. The van der Waals surface area contributed by atoms with E-state index < -0.39 is 17.7 Å². The number of aliphatic hydroxyl groups excluding tert-OH is 1. The van der Waals surface area contributed by atoms with Crippen molar-refractivity contribution in [3.05, 3.63) is 35.4 Å². The van der Waals surface area contributed by atoms with Gasteiger partial charge in [-0.05, 0) is 19.4 Å². The molecular formula is C12H14F2O2. The minimum atomic E-state index is -0.999. The van der Waals surface area contributed by atoms with Gasteiger partial charge in [-0.1, -0.05) is 12.1 Å². The molecule has 4 heteroatoms. The van der Waals surface area contributed by atoms with Crippen LogP contribution in [0.25, 0.3) is 0 Å². The normalized spacial score (nSPS) is 27.0. The summed E-state index contributed by atoms with van der Waals surface area (Å²) in [6, 6.07) is 3.85. The highest BCUT2D eigenvalue weighted by atomic mass is 19.2. The van der Waals surface area contributed by atoms with Gasteiger partial charge in [0.25, 0.3) is 0 Å². The third kappa shape index (κ3) is 2.08. The molecule has 0 saturated carbocycles. The van der Waals surface area contributed by atoms with Gasteiger partial charge < -0.3 is 9.84 Å². The number of rotatable bonds is 2. The largest absolute Gasteiger partial charge is 0.388 e. The van der Waals surface area contributed by atoms with E-state index in [1.54, 1.807) is 0 Å². The summed E-state index contributed by atoms with van der Waals surface area (Å²) in [6.45, 7) is 2.28. The third-order valence-corrected chi connectivity index (χ3v) is 2.98. The highest BCUT2D eigenvalue weighted by Gasteiger charge is 2.31. The van der Waals surface area contributed by atoms with Crippen molar-refractivity contribution in [2.24, 2.45) is 5.92 Å². The molecule has 0 aromatic heterocycles. The van der Waals surface area contributed by atoms with Crippen molar-refractivity contribution in [2.45, 2.75) is 25.6 Å². The Morgan fingerprint density at radius 2 is 2.19 bits per heavy atom. The van der Waals surface area contributed by atoms with Gasteiger partial charge in [-0.3, -0.25) is 0 Å². The molecule has 1 saturated heterocycles. The maximum atomic E-state index is 13.4. The maximum absolute atomic E-state index is 13.4. The molecule has 3 unspecified atom stereocenters. The Morgan fingerprint density at radius 1 is 1.44 bits per heavy atom. The molecule has 2 nitrogen and oxygen atoms in total. The molecule has 1 aromatic carbocycles. The van der Waals surface area contributed by atoms with E-state index in [0.717, 1.165) is 6.07 Å². The fourth-order valence-electron chi connectivity index (χ4n) is 2.07. The topological polar surface area (TPSA) is 29.5 Å². The summed E-state index contributed by atoms with van der Waals surface area (Å²) in [5.74, 6) is -2.05. The third-order valence-electron chi connectivity index (χ3n) is 2.98. The number of aliphatic hydroxyl groups is 1. The van der Waals surface area contributed by atoms with E-state index in [1.165, 1.54) is 12.1 Å². The van der Waals surface area contributed by atoms with Crippen LogP contribution in [0.1, 0.15) is 25.0 Å². The van der Waals surface area contributed by atoms with Crippen LogP contribution in [0.4, 0.5) is 8.78 Å². The zero-order valence-electron chi connectivity index (χ0n) is 8.99. The molecule has 0 radical (unpaired) electrons. The summed E-state index contributed by atoms with van der Waals surface area (Å²) in [5.41, 5.74) is 0.0164. The first-order valence-electron chi connectivity index (χ1n) is 5.33. The number of hydrogen-bond donors (Lipinski definition) is 1. The fraction of sp³-hybridized carbons (Fsp3) is 0.500. The minimum absolute atomic E-state index is 0.0164. The first kappa shape index (κ1) is 11.5. The standard InChI is InChI=1S/C12H14F2O2/c1-7-5-8(6-16-7)12(15)9-3-2-4-10(13)11(9)14/h2-4,7-8,12,15H,5-6H2,1H3. The van der Waals surface area contributed by atoms with Gasteiger partial charge in [0, 0.05) is 11.5 Å². The van der Waals surface area contributed by atoms with Gasteiger partial charge >= 0.3 is 0 Å². The molecule has 0 spiro atoms. The van der Waals surface area contributed by atoms with Gasteiger partial charge in [-0.25, -0.2) is 8.78 Å². The maximum Gasteiger partial charge on any atom is 0.164 e. The summed E-state index contributed by atoms with van der Waals surface area (Å²) < 4.78 is 31.7. The summed E-state index contributed by atoms with van der Waals surface area (Å²) in [5, 5.41) is 9.96. The van der Waals surface area contributed by atoms with Gasteiger partial charge in [-0.15, -0.1) is 0 Å². The highest BCUT2D eigenvalue weighted by Crippen LogP contribution is 2.33. The van der Waals surface area contributed by atoms with Crippen molar-refractivity contribution in [2.75, 3.05) is 6.61 Å². The summed E-state index contributed by atoms with van der Waals surface area (Å²) in [4.78, 5) is 0. The lowest BCUT2D eigenvalue weighted by atomic mass is 9.93. The molecule has 0 bridgehead atoms. The predicted molar refractivity (Wildman–Crippen MR) is 54.8 cm³/mol. The highest BCUT2D eigenvalue weighted by molar-refractivity contribution is 5.22. The van der Waals surface area contributed by atoms with Crippen molar-refractivity contribution >= 4 is 0 Å². The van der Waals surface area contributed by atoms with Gasteiger partial charge in [-0.2, -0.15) is 0 Å². The second-order valence-electron chi connectivity index (χ2n) is 4.23. The Labute approximate surface area is 92.9 Å². The molecule has 1 fully saturated rings. The van der Waals surface area contributed by atoms with E-state index >= 15 is 0 Å². The van der Waals surface area contributed by atoms with E-state index in [0.29, 0.717) is 13.0 Å². The molecule has 0 amide bonds. The van der Waals surface area contributed by atoms with Crippen molar-refractivity contribution in [3.8, 4) is 0 Å². The SMILES string of the molecule is CC1CC(C(O)c2cccc(F)c2F)CO1. The zero-order valence-corrected chi connectivity index (χ0v) is 8.99. The van der Waals surface area contributed by atoms with E-state index in [2.05, 4.69) is 0 Å². The van der Waals surface area contributed by atoms with E-state index in [4.69, 9.17) is 4.74 Å². The Morgan fingerprint density at radius 3 is 2.81 bits per heavy atom. The monoisotopic (exact) mass is 228 g/mol. The van der Waals surface area contributed by atoms with Crippen molar-refractivity contribution < 1.29 is 18.6 Å².